The molecule has 0 aromatic heterocycles. The van der Waals surface area contributed by atoms with E-state index in [0.29, 0.717) is 6.61 Å². The van der Waals surface area contributed by atoms with Crippen LogP contribution < -0.4 is 4.90 Å². The number of hydrogen-bond donors (Lipinski definition) is 0. The number of para-hydroxylation sites is 1. The molecule has 1 aromatic rings. The lowest BCUT2D eigenvalue weighted by Gasteiger charge is -2.26. The fourth-order valence-electron chi connectivity index (χ4n) is 2.14. The summed E-state index contributed by atoms with van der Waals surface area (Å²) in [6.07, 6.45) is 1.81. The number of aryl methyl sites for hydroxylation is 2. The van der Waals surface area contributed by atoms with Crippen molar-refractivity contribution in [2.75, 3.05) is 30.2 Å². The number of sulfone groups is 1. The number of carbonyl (C=O) groups is 1. The molecule has 0 N–H and O–H groups in total. The van der Waals surface area contributed by atoms with Crippen LogP contribution in [0, 0.1) is 6.92 Å². The fraction of sp³-hybridized carbons (Fsp3) is 0.533. The molecule has 1 amide bonds. The van der Waals surface area contributed by atoms with Crippen molar-refractivity contribution < 1.29 is 17.9 Å². The topological polar surface area (TPSA) is 63.7 Å². The molecule has 1 rings (SSSR count). The summed E-state index contributed by atoms with van der Waals surface area (Å²) >= 11 is 0. The molecular formula is C15H23NO4S. The van der Waals surface area contributed by atoms with Crippen molar-refractivity contribution in [2.45, 2.75) is 27.2 Å². The zero-order valence-corrected chi connectivity index (χ0v) is 13.9. The minimum atomic E-state index is -3.38. The first-order chi connectivity index (χ1) is 9.80. The van der Waals surface area contributed by atoms with Gasteiger partial charge < -0.3 is 4.74 Å². The normalized spacial score (nSPS) is 11.4. The number of benzene rings is 1. The Bertz CT molecular complexity index is 596. The summed E-state index contributed by atoms with van der Waals surface area (Å²) in [6, 6.07) is 5.77. The van der Waals surface area contributed by atoms with Crippen LogP contribution in [-0.2, 0) is 25.8 Å². The second-order valence-corrected chi connectivity index (χ2v) is 7.09. The lowest BCUT2D eigenvalue weighted by Crippen LogP contribution is -2.38. The summed E-state index contributed by atoms with van der Waals surface area (Å²) in [5, 5.41) is 0. The van der Waals surface area contributed by atoms with E-state index in [1.54, 1.807) is 0 Å². The van der Waals surface area contributed by atoms with Crippen molar-refractivity contribution in [1.82, 2.24) is 0 Å². The van der Waals surface area contributed by atoms with Gasteiger partial charge in [0.25, 0.3) is 0 Å². The number of rotatable bonds is 7. The van der Waals surface area contributed by atoms with Crippen LogP contribution in [0.2, 0.25) is 0 Å². The van der Waals surface area contributed by atoms with Gasteiger partial charge in [0.15, 0.2) is 9.84 Å². The van der Waals surface area contributed by atoms with Gasteiger partial charge in [0.05, 0.1) is 5.69 Å². The van der Waals surface area contributed by atoms with Crippen molar-refractivity contribution in [3.05, 3.63) is 29.3 Å². The molecule has 0 heterocycles. The van der Waals surface area contributed by atoms with Crippen LogP contribution in [0.5, 0.6) is 0 Å². The summed E-state index contributed by atoms with van der Waals surface area (Å²) in [6.45, 7) is 6.25. The van der Waals surface area contributed by atoms with E-state index in [0.717, 1.165) is 29.5 Å². The zero-order chi connectivity index (χ0) is 16.0. The standard InChI is InChI=1S/C15H23NO4S/c1-5-13-9-7-8-12(3)15(13)16(11-20-6-2)14(17)10-21(4,18)19/h7-9H,5-6,10-11H2,1-4H3. The van der Waals surface area contributed by atoms with Crippen molar-refractivity contribution in [2.24, 2.45) is 0 Å². The van der Waals surface area contributed by atoms with Gasteiger partial charge in [0.1, 0.15) is 12.5 Å². The first-order valence-electron chi connectivity index (χ1n) is 6.94. The smallest absolute Gasteiger partial charge is 0.244 e. The number of ether oxygens (including phenoxy) is 1. The van der Waals surface area contributed by atoms with Crippen LogP contribution in [0.1, 0.15) is 25.0 Å². The highest BCUT2D eigenvalue weighted by Gasteiger charge is 2.23. The Morgan fingerprint density at radius 2 is 1.95 bits per heavy atom. The predicted octanol–water partition coefficient (Wildman–Crippen LogP) is 1.93. The van der Waals surface area contributed by atoms with E-state index in [1.165, 1.54) is 4.90 Å². The molecule has 0 aliphatic heterocycles. The molecule has 6 heteroatoms. The molecule has 0 radical (unpaired) electrons. The number of hydrogen-bond acceptors (Lipinski definition) is 4. The zero-order valence-electron chi connectivity index (χ0n) is 13.0. The monoisotopic (exact) mass is 313 g/mol. The number of nitrogens with zero attached hydrogens (tertiary/aromatic N) is 1. The Morgan fingerprint density at radius 3 is 2.48 bits per heavy atom. The molecule has 5 nitrogen and oxygen atoms in total. The number of anilines is 1. The van der Waals surface area contributed by atoms with Gasteiger partial charge in [0.2, 0.25) is 5.91 Å². The molecule has 0 aliphatic carbocycles. The molecule has 0 bridgehead atoms. The van der Waals surface area contributed by atoms with Crippen LogP contribution >= 0.6 is 0 Å². The SMILES string of the molecule is CCOCN(C(=O)CS(C)(=O)=O)c1c(C)cccc1CC. The number of amides is 1. The molecule has 0 atom stereocenters. The summed E-state index contributed by atoms with van der Waals surface area (Å²) in [7, 11) is -3.38. The van der Waals surface area contributed by atoms with Gasteiger partial charge in [-0.2, -0.15) is 0 Å². The Morgan fingerprint density at radius 1 is 1.29 bits per heavy atom. The van der Waals surface area contributed by atoms with Crippen molar-refractivity contribution in [3.63, 3.8) is 0 Å². The average Bonchev–Trinajstić information content (AvgIpc) is 2.38. The summed E-state index contributed by atoms with van der Waals surface area (Å²) in [5.74, 6) is -0.979. The molecule has 0 spiro atoms. The van der Waals surface area contributed by atoms with E-state index in [9.17, 15) is 13.2 Å². The Kier molecular flexibility index (Phi) is 6.36. The minimum absolute atomic E-state index is 0.0582. The molecule has 0 unspecified atom stereocenters. The lowest BCUT2D eigenvalue weighted by atomic mass is 10.0. The maximum atomic E-state index is 12.4. The third kappa shape index (κ3) is 5.13. The van der Waals surface area contributed by atoms with Gasteiger partial charge in [-0.25, -0.2) is 8.42 Å². The van der Waals surface area contributed by atoms with Gasteiger partial charge in [0, 0.05) is 12.9 Å². The summed E-state index contributed by atoms with van der Waals surface area (Å²) < 4.78 is 28.2. The first kappa shape index (κ1) is 17.7. The van der Waals surface area contributed by atoms with Gasteiger partial charge in [-0.1, -0.05) is 25.1 Å². The Hall–Kier alpha value is -1.40. The highest BCUT2D eigenvalue weighted by molar-refractivity contribution is 7.91. The molecule has 0 saturated heterocycles. The minimum Gasteiger partial charge on any atom is -0.361 e. The molecule has 0 saturated carbocycles. The van der Waals surface area contributed by atoms with E-state index in [2.05, 4.69) is 0 Å². The van der Waals surface area contributed by atoms with Crippen molar-refractivity contribution in [1.29, 1.82) is 0 Å². The summed E-state index contributed by atoms with van der Waals surface area (Å²) in [4.78, 5) is 13.8. The lowest BCUT2D eigenvalue weighted by molar-refractivity contribution is -0.117. The van der Waals surface area contributed by atoms with E-state index in [1.807, 2.05) is 39.0 Å². The second kappa shape index (κ2) is 7.56. The van der Waals surface area contributed by atoms with Gasteiger partial charge in [-0.05, 0) is 31.4 Å². The van der Waals surface area contributed by atoms with Gasteiger partial charge >= 0.3 is 0 Å². The van der Waals surface area contributed by atoms with E-state index < -0.39 is 21.5 Å². The van der Waals surface area contributed by atoms with Crippen LogP contribution in [0.4, 0.5) is 5.69 Å². The van der Waals surface area contributed by atoms with Crippen molar-refractivity contribution in [3.8, 4) is 0 Å². The molecule has 0 fully saturated rings. The number of carbonyl (C=O) groups excluding carboxylic acids is 1. The fourth-order valence-corrected chi connectivity index (χ4v) is 2.74. The first-order valence-corrected chi connectivity index (χ1v) is 9.00. The molecule has 118 valence electrons. The Balaban J connectivity index is 3.22. The molecule has 21 heavy (non-hydrogen) atoms. The largest absolute Gasteiger partial charge is 0.361 e. The third-order valence-corrected chi connectivity index (χ3v) is 3.85. The van der Waals surface area contributed by atoms with Gasteiger partial charge in [-0.15, -0.1) is 0 Å². The van der Waals surface area contributed by atoms with E-state index >= 15 is 0 Å². The quantitative estimate of drug-likeness (QED) is 0.722. The average molecular weight is 313 g/mol. The van der Waals surface area contributed by atoms with E-state index in [-0.39, 0.29) is 6.73 Å². The third-order valence-electron chi connectivity index (χ3n) is 3.08. The molecular weight excluding hydrogens is 290 g/mol. The Labute approximate surface area is 126 Å². The maximum Gasteiger partial charge on any atom is 0.244 e. The molecule has 1 aromatic carbocycles. The van der Waals surface area contributed by atoms with Gasteiger partial charge in [-0.3, -0.25) is 9.69 Å². The highest BCUT2D eigenvalue weighted by Crippen LogP contribution is 2.26. The van der Waals surface area contributed by atoms with Crippen LogP contribution in [0.3, 0.4) is 0 Å². The summed E-state index contributed by atoms with van der Waals surface area (Å²) in [5.41, 5.74) is 2.68. The highest BCUT2D eigenvalue weighted by atomic mass is 32.2. The van der Waals surface area contributed by atoms with Crippen LogP contribution in [0.25, 0.3) is 0 Å². The van der Waals surface area contributed by atoms with Crippen molar-refractivity contribution >= 4 is 21.4 Å². The van der Waals surface area contributed by atoms with E-state index in [4.69, 9.17) is 4.74 Å². The molecule has 0 aliphatic rings. The second-order valence-electron chi connectivity index (χ2n) is 4.95. The van der Waals surface area contributed by atoms with Crippen LogP contribution in [-0.4, -0.2) is 39.7 Å². The van der Waals surface area contributed by atoms with Crippen LogP contribution in [0.15, 0.2) is 18.2 Å². The predicted molar refractivity (Wildman–Crippen MR) is 84.2 cm³/mol. The maximum absolute atomic E-state index is 12.4.